The number of nitrogens with zero attached hydrogens (tertiary/aromatic N) is 2. The minimum atomic E-state index is 0.266. The summed E-state index contributed by atoms with van der Waals surface area (Å²) < 4.78 is 0. The number of phenols is 1. The first-order chi connectivity index (χ1) is 11.0. The average Bonchev–Trinajstić information content (AvgIpc) is 2.90. The van der Waals surface area contributed by atoms with Crippen molar-refractivity contribution in [1.29, 1.82) is 0 Å². The van der Waals surface area contributed by atoms with E-state index >= 15 is 0 Å². The summed E-state index contributed by atoms with van der Waals surface area (Å²) in [5.74, 6) is 1.78. The molecular formula is C18H30N4O. The number of rotatable bonds is 9. The maximum atomic E-state index is 9.65. The van der Waals surface area contributed by atoms with E-state index in [0.717, 1.165) is 42.8 Å². The van der Waals surface area contributed by atoms with E-state index in [2.05, 4.69) is 48.1 Å². The summed E-state index contributed by atoms with van der Waals surface area (Å²) in [5, 5.41) is 21.3. The fourth-order valence-electron chi connectivity index (χ4n) is 3.23. The molecule has 1 atom stereocenters. The van der Waals surface area contributed by atoms with Crippen molar-refractivity contribution in [2.45, 2.75) is 46.6 Å². The van der Waals surface area contributed by atoms with Crippen LogP contribution >= 0.6 is 0 Å². The standard InChI is InChI=1S/C18H30N4O/c1-5-22(6-2)14(11-13(3)4)9-10-19-18-16-12-15(23)7-8-17(16)20-21-18/h7-8,12-14,23H,5-6,9-11H2,1-4H3,(H2,19,20,21). The van der Waals surface area contributed by atoms with E-state index in [1.165, 1.54) is 6.42 Å². The zero-order valence-corrected chi connectivity index (χ0v) is 14.8. The van der Waals surface area contributed by atoms with E-state index in [1.807, 2.05) is 6.07 Å². The molecule has 0 bridgehead atoms. The molecule has 1 unspecified atom stereocenters. The molecule has 1 aromatic carbocycles. The van der Waals surface area contributed by atoms with Gasteiger partial charge < -0.3 is 15.3 Å². The van der Waals surface area contributed by atoms with Gasteiger partial charge in [0.05, 0.1) is 5.52 Å². The van der Waals surface area contributed by atoms with Gasteiger partial charge in [0.15, 0.2) is 5.82 Å². The lowest BCUT2D eigenvalue weighted by Crippen LogP contribution is -2.37. The predicted molar refractivity (Wildman–Crippen MR) is 97.0 cm³/mol. The van der Waals surface area contributed by atoms with Crippen LogP contribution in [-0.2, 0) is 0 Å². The van der Waals surface area contributed by atoms with E-state index in [1.54, 1.807) is 12.1 Å². The largest absolute Gasteiger partial charge is 0.508 e. The Labute approximate surface area is 139 Å². The lowest BCUT2D eigenvalue weighted by Gasteiger charge is -2.31. The maximum Gasteiger partial charge on any atom is 0.155 e. The first kappa shape index (κ1) is 17.6. The van der Waals surface area contributed by atoms with E-state index in [0.29, 0.717) is 12.0 Å². The normalized spacial score (nSPS) is 13.1. The molecule has 0 fully saturated rings. The molecule has 5 heteroatoms. The number of hydrogen-bond donors (Lipinski definition) is 3. The number of fused-ring (bicyclic) bond motifs is 1. The summed E-state index contributed by atoms with van der Waals surface area (Å²) in [5.41, 5.74) is 0.938. The number of H-pyrrole nitrogens is 1. The fraction of sp³-hybridized carbons (Fsp3) is 0.611. The number of phenolic OH excluding ortho intramolecular Hbond substituents is 1. The molecule has 5 nitrogen and oxygen atoms in total. The van der Waals surface area contributed by atoms with Gasteiger partial charge in [-0.05, 0) is 50.0 Å². The zero-order valence-electron chi connectivity index (χ0n) is 14.8. The Bertz CT molecular complexity index is 604. The predicted octanol–water partition coefficient (Wildman–Crippen LogP) is 3.83. The molecule has 23 heavy (non-hydrogen) atoms. The van der Waals surface area contributed by atoms with Crippen molar-refractivity contribution in [3.8, 4) is 5.75 Å². The molecule has 0 radical (unpaired) electrons. The van der Waals surface area contributed by atoms with Crippen molar-refractivity contribution < 1.29 is 5.11 Å². The van der Waals surface area contributed by atoms with Gasteiger partial charge >= 0.3 is 0 Å². The average molecular weight is 318 g/mol. The van der Waals surface area contributed by atoms with Crippen LogP contribution < -0.4 is 5.32 Å². The Morgan fingerprint density at radius 3 is 2.65 bits per heavy atom. The van der Waals surface area contributed by atoms with Gasteiger partial charge in [-0.25, -0.2) is 0 Å². The van der Waals surface area contributed by atoms with Crippen LogP contribution in [-0.4, -0.2) is 45.9 Å². The van der Waals surface area contributed by atoms with Gasteiger partial charge in [0.25, 0.3) is 0 Å². The molecule has 1 aromatic heterocycles. The van der Waals surface area contributed by atoms with Gasteiger partial charge in [-0.1, -0.05) is 27.7 Å². The third-order valence-electron chi connectivity index (χ3n) is 4.39. The highest BCUT2D eigenvalue weighted by Gasteiger charge is 2.17. The van der Waals surface area contributed by atoms with E-state index < -0.39 is 0 Å². The molecule has 0 aliphatic rings. The second-order valence-electron chi connectivity index (χ2n) is 6.52. The third-order valence-corrected chi connectivity index (χ3v) is 4.39. The molecular weight excluding hydrogens is 288 g/mol. The third kappa shape index (κ3) is 4.61. The fourth-order valence-corrected chi connectivity index (χ4v) is 3.23. The lowest BCUT2D eigenvalue weighted by atomic mass is 9.99. The SMILES string of the molecule is CCN(CC)C(CCNc1n[nH]c2ccc(O)cc12)CC(C)C. The first-order valence-electron chi connectivity index (χ1n) is 8.70. The second-order valence-corrected chi connectivity index (χ2v) is 6.52. The van der Waals surface area contributed by atoms with Crippen LogP contribution in [0.2, 0.25) is 0 Å². The van der Waals surface area contributed by atoms with Crippen molar-refractivity contribution in [1.82, 2.24) is 15.1 Å². The van der Waals surface area contributed by atoms with Gasteiger partial charge in [-0.2, -0.15) is 5.10 Å². The smallest absolute Gasteiger partial charge is 0.155 e. The summed E-state index contributed by atoms with van der Waals surface area (Å²) in [4.78, 5) is 2.54. The van der Waals surface area contributed by atoms with E-state index in [9.17, 15) is 5.11 Å². The molecule has 2 rings (SSSR count). The Morgan fingerprint density at radius 1 is 1.26 bits per heavy atom. The lowest BCUT2D eigenvalue weighted by molar-refractivity contribution is 0.184. The van der Waals surface area contributed by atoms with Crippen LogP contribution in [0, 0.1) is 5.92 Å². The van der Waals surface area contributed by atoms with Gasteiger partial charge in [0, 0.05) is 18.0 Å². The number of anilines is 1. The van der Waals surface area contributed by atoms with Gasteiger partial charge in [-0.3, -0.25) is 5.10 Å². The summed E-state index contributed by atoms with van der Waals surface area (Å²) in [7, 11) is 0. The van der Waals surface area contributed by atoms with Crippen molar-refractivity contribution in [2.75, 3.05) is 25.0 Å². The van der Waals surface area contributed by atoms with Crippen LogP contribution in [0.15, 0.2) is 18.2 Å². The van der Waals surface area contributed by atoms with Gasteiger partial charge in [0.2, 0.25) is 0 Å². The zero-order chi connectivity index (χ0) is 16.8. The Hall–Kier alpha value is -1.75. The molecule has 128 valence electrons. The Kier molecular flexibility index (Phi) is 6.28. The molecule has 0 amide bonds. The molecule has 0 saturated carbocycles. The van der Waals surface area contributed by atoms with Crippen LogP contribution in [0.25, 0.3) is 10.9 Å². The van der Waals surface area contributed by atoms with Crippen LogP contribution in [0.4, 0.5) is 5.82 Å². The second kappa shape index (κ2) is 8.20. The van der Waals surface area contributed by atoms with Gasteiger partial charge in [-0.15, -0.1) is 0 Å². The molecule has 0 aliphatic carbocycles. The molecule has 3 N–H and O–H groups in total. The summed E-state index contributed by atoms with van der Waals surface area (Å²) >= 11 is 0. The topological polar surface area (TPSA) is 64.2 Å². The molecule has 0 aliphatic heterocycles. The monoisotopic (exact) mass is 318 g/mol. The van der Waals surface area contributed by atoms with E-state index in [-0.39, 0.29) is 5.75 Å². The maximum absolute atomic E-state index is 9.65. The number of aromatic nitrogens is 2. The first-order valence-corrected chi connectivity index (χ1v) is 8.70. The highest BCUT2D eigenvalue weighted by atomic mass is 16.3. The van der Waals surface area contributed by atoms with Crippen LogP contribution in [0.1, 0.15) is 40.5 Å². The number of aromatic amines is 1. The Morgan fingerprint density at radius 2 is 2.00 bits per heavy atom. The minimum absolute atomic E-state index is 0.266. The number of nitrogens with one attached hydrogen (secondary N) is 2. The van der Waals surface area contributed by atoms with Crippen molar-refractivity contribution in [2.24, 2.45) is 5.92 Å². The molecule has 2 aromatic rings. The van der Waals surface area contributed by atoms with Crippen LogP contribution in [0.3, 0.4) is 0 Å². The number of hydrogen-bond acceptors (Lipinski definition) is 4. The molecule has 1 heterocycles. The molecule has 0 spiro atoms. The Balaban J connectivity index is 1.98. The minimum Gasteiger partial charge on any atom is -0.508 e. The van der Waals surface area contributed by atoms with E-state index in [4.69, 9.17) is 0 Å². The summed E-state index contributed by atoms with van der Waals surface area (Å²) in [6.45, 7) is 12.1. The summed E-state index contributed by atoms with van der Waals surface area (Å²) in [6.07, 6.45) is 2.30. The highest BCUT2D eigenvalue weighted by Crippen LogP contribution is 2.24. The van der Waals surface area contributed by atoms with Crippen molar-refractivity contribution in [3.63, 3.8) is 0 Å². The quantitative estimate of drug-likeness (QED) is 0.657. The van der Waals surface area contributed by atoms with Crippen molar-refractivity contribution >= 4 is 16.7 Å². The highest BCUT2D eigenvalue weighted by molar-refractivity contribution is 5.90. The number of benzene rings is 1. The van der Waals surface area contributed by atoms with Crippen LogP contribution in [0.5, 0.6) is 5.75 Å². The number of aromatic hydroxyl groups is 1. The summed E-state index contributed by atoms with van der Waals surface area (Å²) in [6, 6.07) is 5.86. The molecule has 0 saturated heterocycles. The van der Waals surface area contributed by atoms with Crippen molar-refractivity contribution in [3.05, 3.63) is 18.2 Å². The van der Waals surface area contributed by atoms with Gasteiger partial charge in [0.1, 0.15) is 5.75 Å².